The predicted molar refractivity (Wildman–Crippen MR) is 152 cm³/mol. The third kappa shape index (κ3) is 4.36. The van der Waals surface area contributed by atoms with Crippen molar-refractivity contribution in [2.75, 3.05) is 31.1 Å². The highest BCUT2D eigenvalue weighted by Crippen LogP contribution is 2.26. The van der Waals surface area contributed by atoms with Crippen molar-refractivity contribution in [2.24, 2.45) is 7.05 Å². The number of imidazole rings is 1. The van der Waals surface area contributed by atoms with E-state index in [9.17, 15) is 9.59 Å². The average molecular weight is 521 g/mol. The summed E-state index contributed by atoms with van der Waals surface area (Å²) in [6.45, 7) is 5.11. The molecule has 0 saturated carbocycles. The molecule has 1 fully saturated rings. The molecule has 0 amide bonds. The summed E-state index contributed by atoms with van der Waals surface area (Å²) in [7, 11) is 1.64. The number of rotatable bonds is 5. The first kappa shape index (κ1) is 24.6. The summed E-state index contributed by atoms with van der Waals surface area (Å²) < 4.78 is 4.45. The third-order valence-corrected chi connectivity index (χ3v) is 7.02. The summed E-state index contributed by atoms with van der Waals surface area (Å²) in [6, 6.07) is 17.6. The molecule has 1 aliphatic heterocycles. The van der Waals surface area contributed by atoms with Crippen LogP contribution in [0, 0.1) is 11.8 Å². The lowest BCUT2D eigenvalue weighted by Crippen LogP contribution is -2.44. The van der Waals surface area contributed by atoms with E-state index in [1.165, 1.54) is 9.13 Å². The smallest absolute Gasteiger partial charge is 0.332 e. The van der Waals surface area contributed by atoms with Gasteiger partial charge in [0.15, 0.2) is 11.2 Å². The number of aryl methyl sites for hydroxylation is 1. The molecular formula is C29H28N8O2. The van der Waals surface area contributed by atoms with Crippen molar-refractivity contribution in [2.45, 2.75) is 20.0 Å². The number of para-hydroxylation sites is 1. The largest absolute Gasteiger partial charge is 0.340 e. The second-order valence-corrected chi connectivity index (χ2v) is 9.44. The number of hydrogen-bond acceptors (Lipinski definition) is 7. The van der Waals surface area contributed by atoms with Gasteiger partial charge in [-0.3, -0.25) is 18.5 Å². The molecule has 0 unspecified atom stereocenters. The van der Waals surface area contributed by atoms with Crippen molar-refractivity contribution in [3.05, 3.63) is 81.3 Å². The first-order chi connectivity index (χ1) is 19.1. The number of benzene rings is 2. The Morgan fingerprint density at radius 2 is 1.67 bits per heavy atom. The van der Waals surface area contributed by atoms with Crippen molar-refractivity contribution in [3.63, 3.8) is 0 Å². The SMILES string of the molecule is CC#CCn1c(N2CCNCC2)nc2c1c(=O)n(Cc1nc(-c3ccccc3)c3ccccc3n1)c(=O)n2C. The molecular weight excluding hydrogens is 492 g/mol. The Hall–Kier alpha value is -4.75. The van der Waals surface area contributed by atoms with E-state index >= 15 is 0 Å². The summed E-state index contributed by atoms with van der Waals surface area (Å²) in [5, 5.41) is 4.24. The summed E-state index contributed by atoms with van der Waals surface area (Å²) >= 11 is 0. The van der Waals surface area contributed by atoms with E-state index in [1.54, 1.807) is 14.0 Å². The lowest BCUT2D eigenvalue weighted by molar-refractivity contribution is 0.572. The predicted octanol–water partition coefficient (Wildman–Crippen LogP) is 1.99. The molecule has 0 spiro atoms. The van der Waals surface area contributed by atoms with Crippen LogP contribution in [0.15, 0.2) is 64.2 Å². The van der Waals surface area contributed by atoms with Crippen LogP contribution in [0.4, 0.5) is 5.95 Å². The van der Waals surface area contributed by atoms with Gasteiger partial charge in [0.1, 0.15) is 5.82 Å². The molecule has 6 rings (SSSR count). The summed E-state index contributed by atoms with van der Waals surface area (Å²) in [5.41, 5.74) is 2.23. The number of anilines is 1. The highest BCUT2D eigenvalue weighted by atomic mass is 16.2. The second-order valence-electron chi connectivity index (χ2n) is 9.44. The summed E-state index contributed by atoms with van der Waals surface area (Å²) in [5.74, 6) is 7.01. The lowest BCUT2D eigenvalue weighted by Gasteiger charge is -2.28. The molecule has 0 atom stereocenters. The maximum absolute atomic E-state index is 14.0. The Kier molecular flexibility index (Phi) is 6.42. The maximum atomic E-state index is 14.0. The summed E-state index contributed by atoms with van der Waals surface area (Å²) in [4.78, 5) is 43.9. The molecule has 1 aliphatic rings. The van der Waals surface area contributed by atoms with Crippen LogP contribution in [0.25, 0.3) is 33.3 Å². The Morgan fingerprint density at radius 1 is 0.923 bits per heavy atom. The van der Waals surface area contributed by atoms with Crippen molar-refractivity contribution in [1.29, 1.82) is 0 Å². The van der Waals surface area contributed by atoms with Gasteiger partial charge in [-0.2, -0.15) is 4.98 Å². The molecule has 0 bridgehead atoms. The zero-order chi connectivity index (χ0) is 26.9. The first-order valence-corrected chi connectivity index (χ1v) is 12.9. The van der Waals surface area contributed by atoms with Gasteiger partial charge in [0.2, 0.25) is 5.95 Å². The van der Waals surface area contributed by atoms with E-state index in [2.05, 4.69) is 22.1 Å². The fourth-order valence-electron chi connectivity index (χ4n) is 5.07. The van der Waals surface area contributed by atoms with E-state index < -0.39 is 11.2 Å². The number of hydrogen-bond donors (Lipinski definition) is 1. The van der Waals surface area contributed by atoms with Crippen LogP contribution in [-0.4, -0.2) is 54.8 Å². The van der Waals surface area contributed by atoms with Gasteiger partial charge in [-0.15, -0.1) is 5.92 Å². The molecule has 39 heavy (non-hydrogen) atoms. The van der Waals surface area contributed by atoms with Crippen LogP contribution in [0.2, 0.25) is 0 Å². The zero-order valence-corrected chi connectivity index (χ0v) is 21.9. The fourth-order valence-corrected chi connectivity index (χ4v) is 5.07. The monoisotopic (exact) mass is 520 g/mol. The first-order valence-electron chi connectivity index (χ1n) is 12.9. The minimum Gasteiger partial charge on any atom is -0.340 e. The fraction of sp³-hybridized carbons (Fsp3) is 0.276. The molecule has 10 heteroatoms. The van der Waals surface area contributed by atoms with Gasteiger partial charge in [-0.1, -0.05) is 54.5 Å². The van der Waals surface area contributed by atoms with Crippen LogP contribution in [0.3, 0.4) is 0 Å². The topological polar surface area (TPSA) is 103 Å². The molecule has 2 aromatic carbocycles. The Morgan fingerprint density at radius 3 is 2.44 bits per heavy atom. The van der Waals surface area contributed by atoms with Crippen molar-refractivity contribution in [3.8, 4) is 23.1 Å². The van der Waals surface area contributed by atoms with Gasteiger partial charge in [0.25, 0.3) is 5.56 Å². The zero-order valence-electron chi connectivity index (χ0n) is 21.9. The number of nitrogens with one attached hydrogen (secondary N) is 1. The van der Waals surface area contributed by atoms with Gasteiger partial charge in [0, 0.05) is 44.2 Å². The Bertz CT molecular complexity index is 1870. The van der Waals surface area contributed by atoms with Gasteiger partial charge in [0.05, 0.1) is 24.3 Å². The standard InChI is InChI=1S/C29H28N8O2/c1-3-4-16-36-25-26(33-28(36)35-17-14-30-15-18-35)34(2)29(39)37(27(25)38)19-23-31-22-13-9-8-12-21(22)24(32-23)20-10-6-5-7-11-20/h5-13,30H,14-19H2,1-2H3. The molecule has 196 valence electrons. The van der Waals surface area contributed by atoms with E-state index in [-0.39, 0.29) is 6.54 Å². The summed E-state index contributed by atoms with van der Waals surface area (Å²) in [6.07, 6.45) is 0. The van der Waals surface area contributed by atoms with Crippen molar-refractivity contribution >= 4 is 28.0 Å². The molecule has 5 aromatic rings. The molecule has 4 heterocycles. The maximum Gasteiger partial charge on any atom is 0.332 e. The molecule has 10 nitrogen and oxygen atoms in total. The van der Waals surface area contributed by atoms with Crippen LogP contribution in [0.5, 0.6) is 0 Å². The lowest BCUT2D eigenvalue weighted by atomic mass is 10.1. The van der Waals surface area contributed by atoms with Crippen LogP contribution in [-0.2, 0) is 20.1 Å². The van der Waals surface area contributed by atoms with Crippen molar-refractivity contribution in [1.82, 2.24) is 34.0 Å². The quantitative estimate of drug-likeness (QED) is 0.354. The van der Waals surface area contributed by atoms with Crippen LogP contribution < -0.4 is 21.5 Å². The highest BCUT2D eigenvalue weighted by molar-refractivity contribution is 5.92. The number of piperazine rings is 1. The number of fused-ring (bicyclic) bond motifs is 2. The average Bonchev–Trinajstić information content (AvgIpc) is 3.37. The molecule has 3 aromatic heterocycles. The molecule has 0 radical (unpaired) electrons. The molecule has 0 aliphatic carbocycles. The van der Waals surface area contributed by atoms with E-state index in [4.69, 9.17) is 15.0 Å². The molecule has 1 N–H and O–H groups in total. The van der Waals surface area contributed by atoms with E-state index in [0.29, 0.717) is 29.5 Å². The van der Waals surface area contributed by atoms with Gasteiger partial charge in [-0.05, 0) is 13.0 Å². The van der Waals surface area contributed by atoms with E-state index in [1.807, 2.05) is 59.2 Å². The minimum atomic E-state index is -0.469. The Balaban J connectivity index is 1.53. The minimum absolute atomic E-state index is 0.0697. The second kappa shape index (κ2) is 10.2. The van der Waals surface area contributed by atoms with Crippen molar-refractivity contribution < 1.29 is 0 Å². The van der Waals surface area contributed by atoms with Crippen LogP contribution in [0.1, 0.15) is 12.7 Å². The third-order valence-electron chi connectivity index (χ3n) is 7.02. The van der Waals surface area contributed by atoms with Gasteiger partial charge in [-0.25, -0.2) is 14.8 Å². The van der Waals surface area contributed by atoms with Gasteiger partial charge >= 0.3 is 5.69 Å². The highest BCUT2D eigenvalue weighted by Gasteiger charge is 2.24. The normalized spacial score (nSPS) is 13.5. The molecule has 1 saturated heterocycles. The number of nitrogens with zero attached hydrogens (tertiary/aromatic N) is 7. The van der Waals surface area contributed by atoms with E-state index in [0.717, 1.165) is 48.3 Å². The van der Waals surface area contributed by atoms with Crippen LogP contribution >= 0.6 is 0 Å². The Labute approximate surface area is 224 Å². The van der Waals surface area contributed by atoms with Gasteiger partial charge < -0.3 is 10.2 Å². The number of aromatic nitrogens is 6.